The largest absolute Gasteiger partial charge is 0.462 e. The number of nitrogens with zero attached hydrogens (tertiary/aromatic N) is 5. The molecule has 3 atom stereocenters. The average molecular weight is 578 g/mol. The molecule has 38 heavy (non-hydrogen) atoms. The van der Waals surface area contributed by atoms with Crippen LogP contribution in [0.25, 0.3) is 21.9 Å². The Morgan fingerprint density at radius 3 is 2.74 bits per heavy atom. The first-order chi connectivity index (χ1) is 18.4. The van der Waals surface area contributed by atoms with Gasteiger partial charge in [0.25, 0.3) is 0 Å². The fraction of sp³-hybridized carbons (Fsp3) is 0.308. The number of rotatable bonds is 6. The van der Waals surface area contributed by atoms with Crippen molar-refractivity contribution in [3.8, 4) is 0 Å². The number of benzene rings is 1. The Morgan fingerprint density at radius 2 is 1.95 bits per heavy atom. The van der Waals surface area contributed by atoms with Gasteiger partial charge in [-0.25, -0.2) is 19.7 Å². The number of piperidine rings is 1. The maximum atomic E-state index is 13.8. The van der Waals surface area contributed by atoms with Crippen LogP contribution in [0.15, 0.2) is 47.3 Å². The monoisotopic (exact) mass is 577 g/mol. The van der Waals surface area contributed by atoms with Crippen molar-refractivity contribution in [1.29, 1.82) is 0 Å². The van der Waals surface area contributed by atoms with Crippen molar-refractivity contribution in [2.45, 2.75) is 38.4 Å². The van der Waals surface area contributed by atoms with Gasteiger partial charge in [-0.2, -0.15) is 0 Å². The number of likely N-dealkylation sites (tertiary alicyclic amines) is 1. The van der Waals surface area contributed by atoms with Gasteiger partial charge in [0.05, 0.1) is 23.1 Å². The van der Waals surface area contributed by atoms with Gasteiger partial charge in [0, 0.05) is 11.4 Å². The fourth-order valence-electron chi connectivity index (χ4n) is 5.47. The predicted molar refractivity (Wildman–Crippen MR) is 143 cm³/mol. The number of carbonyl (C=O) groups is 3. The molecule has 1 aromatic carbocycles. The van der Waals surface area contributed by atoms with E-state index in [9.17, 15) is 14.4 Å². The molecule has 11 nitrogen and oxygen atoms in total. The van der Waals surface area contributed by atoms with Gasteiger partial charge in [0.15, 0.2) is 0 Å². The summed E-state index contributed by atoms with van der Waals surface area (Å²) in [6.45, 7) is 1.87. The molecular formula is C26H24BrN7O4. The Kier molecular flexibility index (Phi) is 5.98. The van der Waals surface area contributed by atoms with E-state index in [1.165, 1.54) is 6.33 Å². The summed E-state index contributed by atoms with van der Waals surface area (Å²) in [5.41, 5.74) is 7.60. The number of pyridine rings is 1. The second-order valence-electron chi connectivity index (χ2n) is 9.41. The number of fused-ring (bicyclic) bond motifs is 4. The molecule has 1 saturated heterocycles. The summed E-state index contributed by atoms with van der Waals surface area (Å²) < 4.78 is 7.59. The highest BCUT2D eigenvalue weighted by molar-refractivity contribution is 9.10. The van der Waals surface area contributed by atoms with Gasteiger partial charge in [0.1, 0.15) is 40.8 Å². The van der Waals surface area contributed by atoms with Crippen molar-refractivity contribution in [1.82, 2.24) is 24.4 Å². The molecule has 4 heterocycles. The number of amides is 2. The predicted octanol–water partition coefficient (Wildman–Crippen LogP) is 3.13. The topological polar surface area (TPSA) is 145 Å². The molecule has 0 spiro atoms. The van der Waals surface area contributed by atoms with E-state index in [0.29, 0.717) is 50.3 Å². The second-order valence-corrected chi connectivity index (χ2v) is 10.2. The Balaban J connectivity index is 1.36. The van der Waals surface area contributed by atoms with E-state index in [-0.39, 0.29) is 36.8 Å². The summed E-state index contributed by atoms with van der Waals surface area (Å²) in [4.78, 5) is 54.2. The van der Waals surface area contributed by atoms with Crippen molar-refractivity contribution >= 4 is 67.3 Å². The van der Waals surface area contributed by atoms with E-state index in [4.69, 9.17) is 10.5 Å². The Hall–Kier alpha value is -4.06. The molecule has 0 unspecified atom stereocenters. The molecule has 12 heteroatoms. The summed E-state index contributed by atoms with van der Waals surface area (Å²) in [5.74, 6) is -0.0605. The van der Waals surface area contributed by atoms with Gasteiger partial charge >= 0.3 is 5.97 Å². The Bertz CT molecular complexity index is 1620. The molecule has 6 rings (SSSR count). The van der Waals surface area contributed by atoms with Gasteiger partial charge in [-0.3, -0.25) is 9.59 Å². The highest BCUT2D eigenvalue weighted by Gasteiger charge is 2.56. The number of ether oxygens (including phenoxy) is 1. The molecular weight excluding hydrogens is 554 g/mol. The highest BCUT2D eigenvalue weighted by atomic mass is 79.9. The van der Waals surface area contributed by atoms with Gasteiger partial charge in [0.2, 0.25) is 11.8 Å². The zero-order valence-corrected chi connectivity index (χ0v) is 22.0. The van der Waals surface area contributed by atoms with Gasteiger partial charge in [-0.15, -0.1) is 0 Å². The molecule has 1 saturated carbocycles. The molecule has 3 aromatic heterocycles. The number of nitrogens with one attached hydrogen (secondary N) is 1. The zero-order valence-electron chi connectivity index (χ0n) is 20.4. The lowest BCUT2D eigenvalue weighted by Crippen LogP contribution is -2.46. The van der Waals surface area contributed by atoms with Crippen LogP contribution in [0.5, 0.6) is 0 Å². The van der Waals surface area contributed by atoms with Crippen LogP contribution < -0.4 is 11.1 Å². The van der Waals surface area contributed by atoms with E-state index in [0.717, 1.165) is 6.42 Å². The van der Waals surface area contributed by atoms with Gasteiger partial charge < -0.3 is 25.3 Å². The maximum Gasteiger partial charge on any atom is 0.338 e. The first kappa shape index (κ1) is 24.3. The van der Waals surface area contributed by atoms with E-state index in [1.807, 2.05) is 0 Å². The van der Waals surface area contributed by atoms with Gasteiger partial charge in [-0.1, -0.05) is 12.1 Å². The van der Waals surface area contributed by atoms with Crippen molar-refractivity contribution < 1.29 is 19.1 Å². The van der Waals surface area contributed by atoms with E-state index in [1.54, 1.807) is 52.8 Å². The lowest BCUT2D eigenvalue weighted by atomic mass is 10.1. The normalized spacial score (nSPS) is 19.9. The molecule has 2 amide bonds. The summed E-state index contributed by atoms with van der Waals surface area (Å²) in [5, 5.41) is 3.86. The Morgan fingerprint density at radius 1 is 1.13 bits per heavy atom. The molecule has 1 aliphatic carbocycles. The molecule has 2 fully saturated rings. The van der Waals surface area contributed by atoms with Crippen LogP contribution in [-0.2, 0) is 20.9 Å². The number of esters is 1. The maximum absolute atomic E-state index is 13.8. The van der Waals surface area contributed by atoms with Crippen LogP contribution in [0.4, 0.5) is 11.6 Å². The Labute approximate surface area is 225 Å². The third kappa shape index (κ3) is 4.05. The van der Waals surface area contributed by atoms with Crippen LogP contribution in [0.1, 0.15) is 30.1 Å². The molecule has 4 aromatic rings. The summed E-state index contributed by atoms with van der Waals surface area (Å²) in [7, 11) is 0. The lowest BCUT2D eigenvalue weighted by Gasteiger charge is -2.27. The highest BCUT2D eigenvalue weighted by Crippen LogP contribution is 2.48. The van der Waals surface area contributed by atoms with E-state index < -0.39 is 12.0 Å². The van der Waals surface area contributed by atoms with Crippen molar-refractivity contribution in [2.75, 3.05) is 17.7 Å². The number of nitrogen functional groups attached to an aromatic ring is 1. The average Bonchev–Trinajstić information content (AvgIpc) is 3.43. The standard InChI is InChI=1S/C26H24BrN7O4/c1-2-38-26(37)14-5-3-6-15-21(14)22-23(28)29-12-30-24(22)33(15)11-20(35)34-16-9-13(16)10-17(34)25(36)32-19-8-4-7-18(27)31-19/h3-8,12-13,16-17H,2,9-11H2,1H3,(H2,28,29,30)(H,31,32,36)/t13-,16-,17+/m1/s1. The van der Waals surface area contributed by atoms with Gasteiger partial charge in [-0.05, 0) is 65.9 Å². The van der Waals surface area contributed by atoms with Crippen molar-refractivity contribution in [2.24, 2.45) is 5.92 Å². The van der Waals surface area contributed by atoms with Crippen LogP contribution in [0.2, 0.25) is 0 Å². The zero-order chi connectivity index (χ0) is 26.6. The number of hydrogen-bond acceptors (Lipinski definition) is 8. The SMILES string of the molecule is CCOC(=O)c1cccc2c1c1c(N)ncnc1n2CC(=O)N1[C@@H]2C[C@@H]2C[C@H]1C(=O)Nc1cccc(Br)n1. The summed E-state index contributed by atoms with van der Waals surface area (Å²) >= 11 is 3.31. The molecule has 0 radical (unpaired) electrons. The van der Waals surface area contributed by atoms with Crippen LogP contribution >= 0.6 is 15.9 Å². The van der Waals surface area contributed by atoms with E-state index in [2.05, 4.69) is 36.2 Å². The number of halogens is 1. The van der Waals surface area contributed by atoms with Crippen molar-refractivity contribution in [3.05, 3.63) is 52.9 Å². The third-order valence-corrected chi connectivity index (χ3v) is 7.59. The third-order valence-electron chi connectivity index (χ3n) is 7.15. The number of carbonyl (C=O) groups excluding carboxylic acids is 3. The quantitative estimate of drug-likeness (QED) is 0.262. The molecule has 0 bridgehead atoms. The summed E-state index contributed by atoms with van der Waals surface area (Å²) in [6.07, 6.45) is 2.81. The minimum absolute atomic E-state index is 0.0246. The molecule has 3 N–H and O–H groups in total. The molecule has 1 aliphatic heterocycles. The number of nitrogens with two attached hydrogens (primary N) is 1. The van der Waals surface area contributed by atoms with Crippen LogP contribution in [0.3, 0.4) is 0 Å². The smallest absolute Gasteiger partial charge is 0.338 e. The molecule has 2 aliphatic rings. The first-order valence-corrected chi connectivity index (χ1v) is 13.1. The number of anilines is 2. The lowest BCUT2D eigenvalue weighted by molar-refractivity contribution is -0.138. The summed E-state index contributed by atoms with van der Waals surface area (Å²) in [6, 6.07) is 9.86. The second kappa shape index (κ2) is 9.35. The number of aromatic nitrogens is 4. The van der Waals surface area contributed by atoms with E-state index >= 15 is 0 Å². The minimum atomic E-state index is -0.602. The van der Waals surface area contributed by atoms with Crippen LogP contribution in [-0.4, -0.2) is 60.9 Å². The fourth-order valence-corrected chi connectivity index (χ4v) is 5.81. The minimum Gasteiger partial charge on any atom is -0.462 e. The first-order valence-electron chi connectivity index (χ1n) is 12.3. The van der Waals surface area contributed by atoms with Crippen molar-refractivity contribution in [3.63, 3.8) is 0 Å². The van der Waals surface area contributed by atoms with Crippen LogP contribution in [0, 0.1) is 5.92 Å². The number of hydrogen-bond donors (Lipinski definition) is 2. The molecule has 194 valence electrons.